The van der Waals surface area contributed by atoms with Crippen molar-refractivity contribution in [1.29, 1.82) is 0 Å². The zero-order valence-electron chi connectivity index (χ0n) is 21.6. The molecule has 2 amide bonds. The maximum atomic E-state index is 13.3. The molecule has 39 heavy (non-hydrogen) atoms. The molecule has 2 aromatic carbocycles. The highest BCUT2D eigenvalue weighted by atomic mass is 32.1. The van der Waals surface area contributed by atoms with Gasteiger partial charge in [0.25, 0.3) is 11.8 Å². The van der Waals surface area contributed by atoms with Crippen LogP contribution in [0.3, 0.4) is 0 Å². The molecule has 0 bridgehead atoms. The van der Waals surface area contributed by atoms with Gasteiger partial charge in [-0.15, -0.1) is 11.3 Å². The monoisotopic (exact) mass is 563 g/mol. The smallest absolute Gasteiger partial charge is 0.416 e. The molecular formula is C27H28F3N3O5S. The van der Waals surface area contributed by atoms with Crippen LogP contribution in [0.2, 0.25) is 0 Å². The molecule has 208 valence electrons. The highest BCUT2D eigenvalue weighted by molar-refractivity contribution is 7.09. The van der Waals surface area contributed by atoms with E-state index in [1.165, 1.54) is 50.9 Å². The summed E-state index contributed by atoms with van der Waals surface area (Å²) >= 11 is 1.33. The molecule has 12 heteroatoms. The van der Waals surface area contributed by atoms with Crippen molar-refractivity contribution in [3.63, 3.8) is 0 Å². The fourth-order valence-electron chi connectivity index (χ4n) is 4.57. The van der Waals surface area contributed by atoms with Gasteiger partial charge in [-0.2, -0.15) is 13.2 Å². The number of nitrogens with zero attached hydrogens (tertiary/aromatic N) is 2. The van der Waals surface area contributed by atoms with E-state index in [-0.39, 0.29) is 29.6 Å². The molecule has 2 heterocycles. The van der Waals surface area contributed by atoms with Crippen LogP contribution < -0.4 is 19.5 Å². The normalized spacial score (nSPS) is 14.2. The number of piperidine rings is 1. The van der Waals surface area contributed by atoms with E-state index in [9.17, 15) is 22.8 Å². The Balaban J connectivity index is 1.37. The first-order valence-electron chi connectivity index (χ1n) is 12.1. The summed E-state index contributed by atoms with van der Waals surface area (Å²) in [6.45, 7) is 0.703. The Kier molecular flexibility index (Phi) is 8.63. The van der Waals surface area contributed by atoms with Crippen LogP contribution in [-0.2, 0) is 12.7 Å². The first kappa shape index (κ1) is 28.2. The fraction of sp³-hybridized carbons (Fsp3) is 0.370. The second-order valence-electron chi connectivity index (χ2n) is 8.86. The SMILES string of the molecule is COc1ccc(C(=O)N2CCC(c3nc(C(=O)NCc4ccccc4C(F)(F)F)cs3)CC2)c(OC)c1OC. The van der Waals surface area contributed by atoms with Gasteiger partial charge >= 0.3 is 6.18 Å². The van der Waals surface area contributed by atoms with Crippen LogP contribution in [0, 0.1) is 0 Å². The molecule has 1 fully saturated rings. The minimum absolute atomic E-state index is 0.0167. The second kappa shape index (κ2) is 11.9. The molecule has 1 N–H and O–H groups in total. The van der Waals surface area contributed by atoms with Gasteiger partial charge in [-0.25, -0.2) is 4.98 Å². The van der Waals surface area contributed by atoms with E-state index in [0.29, 0.717) is 48.7 Å². The predicted molar refractivity (Wildman–Crippen MR) is 139 cm³/mol. The van der Waals surface area contributed by atoms with E-state index in [2.05, 4.69) is 10.3 Å². The van der Waals surface area contributed by atoms with Crippen molar-refractivity contribution in [2.75, 3.05) is 34.4 Å². The van der Waals surface area contributed by atoms with Gasteiger partial charge in [0.1, 0.15) is 5.69 Å². The Morgan fingerprint density at radius 1 is 1.03 bits per heavy atom. The van der Waals surface area contributed by atoms with E-state index in [4.69, 9.17) is 14.2 Å². The molecule has 4 rings (SSSR count). The van der Waals surface area contributed by atoms with Gasteiger partial charge in [-0.1, -0.05) is 18.2 Å². The maximum Gasteiger partial charge on any atom is 0.416 e. The first-order valence-corrected chi connectivity index (χ1v) is 13.0. The number of methoxy groups -OCH3 is 3. The minimum atomic E-state index is -4.50. The lowest BCUT2D eigenvalue weighted by Gasteiger charge is -2.31. The average molecular weight is 564 g/mol. The van der Waals surface area contributed by atoms with E-state index >= 15 is 0 Å². The van der Waals surface area contributed by atoms with Crippen molar-refractivity contribution in [3.05, 3.63) is 69.2 Å². The van der Waals surface area contributed by atoms with Gasteiger partial charge in [-0.3, -0.25) is 9.59 Å². The van der Waals surface area contributed by atoms with Gasteiger partial charge in [0.05, 0.1) is 37.5 Å². The molecule has 0 atom stereocenters. The quantitative estimate of drug-likeness (QED) is 0.409. The van der Waals surface area contributed by atoms with Crippen LogP contribution in [0.1, 0.15) is 55.7 Å². The molecule has 3 aromatic rings. The highest BCUT2D eigenvalue weighted by Gasteiger charge is 2.33. The van der Waals surface area contributed by atoms with Crippen LogP contribution in [-0.4, -0.2) is 56.1 Å². The lowest BCUT2D eigenvalue weighted by atomic mass is 9.97. The number of amides is 2. The molecule has 1 aromatic heterocycles. The summed E-state index contributed by atoms with van der Waals surface area (Å²) in [5, 5.41) is 4.89. The number of alkyl halides is 3. The summed E-state index contributed by atoms with van der Waals surface area (Å²) in [6, 6.07) is 8.43. The lowest BCUT2D eigenvalue weighted by molar-refractivity contribution is -0.138. The summed E-state index contributed by atoms with van der Waals surface area (Å²) in [5.41, 5.74) is -0.268. The third kappa shape index (κ3) is 6.11. The fourth-order valence-corrected chi connectivity index (χ4v) is 5.54. The summed E-state index contributed by atoms with van der Waals surface area (Å²) in [5.74, 6) is 0.428. The number of likely N-dealkylation sites (tertiary alicyclic amines) is 1. The third-order valence-corrected chi connectivity index (χ3v) is 7.59. The predicted octanol–water partition coefficient (Wildman–Crippen LogP) is 5.14. The number of ether oxygens (including phenoxy) is 3. The van der Waals surface area contributed by atoms with E-state index < -0.39 is 17.6 Å². The highest BCUT2D eigenvalue weighted by Crippen LogP contribution is 2.41. The largest absolute Gasteiger partial charge is 0.493 e. The standard InChI is InChI=1S/C27H28F3N3O5S/c1-36-21-9-8-18(22(37-2)23(21)38-3)26(35)33-12-10-16(11-13-33)25-32-20(15-39-25)24(34)31-14-17-6-4-5-7-19(17)27(28,29)30/h4-9,15-16H,10-14H2,1-3H3,(H,31,34). The minimum Gasteiger partial charge on any atom is -0.493 e. The second-order valence-corrected chi connectivity index (χ2v) is 9.75. The van der Waals surface area contributed by atoms with Crippen LogP contribution in [0.4, 0.5) is 13.2 Å². The Hall–Kier alpha value is -3.80. The van der Waals surface area contributed by atoms with Gasteiger partial charge in [0, 0.05) is 30.9 Å². The van der Waals surface area contributed by atoms with E-state index in [1.54, 1.807) is 22.4 Å². The number of carbonyl (C=O) groups excluding carboxylic acids is 2. The molecule has 1 saturated heterocycles. The van der Waals surface area contributed by atoms with Gasteiger partial charge < -0.3 is 24.4 Å². The van der Waals surface area contributed by atoms with Crippen molar-refractivity contribution in [1.82, 2.24) is 15.2 Å². The Bertz CT molecular complexity index is 1340. The molecule has 0 saturated carbocycles. The van der Waals surface area contributed by atoms with E-state index in [1.807, 2.05) is 0 Å². The molecule has 8 nitrogen and oxygen atoms in total. The number of rotatable bonds is 8. The molecule has 0 unspecified atom stereocenters. The van der Waals surface area contributed by atoms with Gasteiger partial charge in [0.15, 0.2) is 11.5 Å². The maximum absolute atomic E-state index is 13.3. The van der Waals surface area contributed by atoms with Crippen LogP contribution in [0.5, 0.6) is 17.2 Å². The van der Waals surface area contributed by atoms with E-state index in [0.717, 1.165) is 11.1 Å². The lowest BCUT2D eigenvalue weighted by Crippen LogP contribution is -2.38. The number of nitrogens with one attached hydrogen (secondary N) is 1. The van der Waals surface area contributed by atoms with Crippen LogP contribution in [0.25, 0.3) is 0 Å². The molecule has 0 radical (unpaired) electrons. The molecule has 0 aliphatic carbocycles. The number of carbonyl (C=O) groups is 2. The van der Waals surface area contributed by atoms with Crippen molar-refractivity contribution < 1.29 is 37.0 Å². The van der Waals surface area contributed by atoms with Crippen molar-refractivity contribution >= 4 is 23.2 Å². The van der Waals surface area contributed by atoms with Crippen molar-refractivity contribution in [3.8, 4) is 17.2 Å². The zero-order chi connectivity index (χ0) is 28.2. The first-order chi connectivity index (χ1) is 18.7. The van der Waals surface area contributed by atoms with Crippen molar-refractivity contribution in [2.24, 2.45) is 0 Å². The number of thiazole rings is 1. The van der Waals surface area contributed by atoms with Crippen LogP contribution in [0.15, 0.2) is 41.8 Å². The Labute approximate surface area is 227 Å². The van der Waals surface area contributed by atoms with Crippen LogP contribution >= 0.6 is 11.3 Å². The number of benzene rings is 2. The summed E-state index contributed by atoms with van der Waals surface area (Å²) in [4.78, 5) is 32.1. The van der Waals surface area contributed by atoms with Crippen molar-refractivity contribution in [2.45, 2.75) is 31.5 Å². The van der Waals surface area contributed by atoms with Gasteiger partial charge in [-0.05, 0) is 36.6 Å². The number of aromatic nitrogens is 1. The van der Waals surface area contributed by atoms with Gasteiger partial charge in [0.2, 0.25) is 5.75 Å². The Morgan fingerprint density at radius 3 is 2.36 bits per heavy atom. The average Bonchev–Trinajstić information content (AvgIpc) is 3.45. The zero-order valence-corrected chi connectivity index (χ0v) is 22.4. The number of hydrogen-bond donors (Lipinski definition) is 1. The summed E-state index contributed by atoms with van der Waals surface area (Å²) in [6.07, 6.45) is -3.21. The summed E-state index contributed by atoms with van der Waals surface area (Å²) in [7, 11) is 4.44. The summed E-state index contributed by atoms with van der Waals surface area (Å²) < 4.78 is 55.8. The molecule has 1 aliphatic rings. The number of halogens is 3. The third-order valence-electron chi connectivity index (χ3n) is 6.58. The topological polar surface area (TPSA) is 90.0 Å². The Morgan fingerprint density at radius 2 is 1.72 bits per heavy atom. The molecule has 1 aliphatic heterocycles. The molecular weight excluding hydrogens is 535 g/mol. The molecule has 0 spiro atoms. The number of hydrogen-bond acceptors (Lipinski definition) is 7.